The van der Waals surface area contributed by atoms with Crippen LogP contribution < -0.4 is 5.32 Å². The fraction of sp³-hybridized carbons (Fsp3) is 0.385. The van der Waals surface area contributed by atoms with E-state index in [4.69, 9.17) is 0 Å². The first-order chi connectivity index (χ1) is 7.13. The minimum absolute atomic E-state index is 0.416. The Bertz CT molecular complexity index is 333. The fourth-order valence-corrected chi connectivity index (χ4v) is 2.01. The maximum absolute atomic E-state index is 3.94. The highest BCUT2D eigenvalue weighted by Crippen LogP contribution is 2.22. The first kappa shape index (κ1) is 12.5. The summed E-state index contributed by atoms with van der Waals surface area (Å²) < 4.78 is 1.13. The Labute approximate surface area is 101 Å². The summed E-state index contributed by atoms with van der Waals surface area (Å²) in [4.78, 5) is 0. The highest BCUT2D eigenvalue weighted by atomic mass is 79.9. The molecule has 0 fully saturated rings. The van der Waals surface area contributed by atoms with Crippen molar-refractivity contribution in [2.75, 3.05) is 7.05 Å². The third kappa shape index (κ3) is 4.18. The van der Waals surface area contributed by atoms with Crippen molar-refractivity contribution >= 4 is 15.9 Å². The lowest BCUT2D eigenvalue weighted by molar-refractivity contribution is 0.548. The van der Waals surface area contributed by atoms with Crippen molar-refractivity contribution in [3.05, 3.63) is 46.5 Å². The Hall–Kier alpha value is -0.600. The lowest BCUT2D eigenvalue weighted by Crippen LogP contribution is -2.16. The molecule has 0 aromatic heterocycles. The number of hydrogen-bond donors (Lipinski definition) is 1. The van der Waals surface area contributed by atoms with Gasteiger partial charge in [0.15, 0.2) is 0 Å². The van der Waals surface area contributed by atoms with Crippen LogP contribution in [0.4, 0.5) is 0 Å². The van der Waals surface area contributed by atoms with E-state index in [9.17, 15) is 0 Å². The molecule has 1 aromatic rings. The summed E-state index contributed by atoms with van der Waals surface area (Å²) in [5.74, 6) is 0. The maximum Gasteiger partial charge on any atom is 0.0320 e. The predicted molar refractivity (Wildman–Crippen MR) is 70.0 cm³/mol. The molecule has 1 unspecified atom stereocenters. The van der Waals surface area contributed by atoms with Gasteiger partial charge in [-0.15, -0.1) is 6.58 Å². The molecule has 0 spiro atoms. The lowest BCUT2D eigenvalue weighted by atomic mass is 10.0. The van der Waals surface area contributed by atoms with E-state index < -0.39 is 0 Å². The highest BCUT2D eigenvalue weighted by Gasteiger charge is 2.08. The van der Waals surface area contributed by atoms with Gasteiger partial charge in [-0.3, -0.25) is 0 Å². The monoisotopic (exact) mass is 267 g/mol. The molecule has 1 nitrogen and oxygen atoms in total. The molecule has 0 saturated heterocycles. The minimum atomic E-state index is 0.416. The van der Waals surface area contributed by atoms with Gasteiger partial charge in [0.05, 0.1) is 0 Å². The number of benzene rings is 1. The second-order valence-electron chi connectivity index (χ2n) is 3.89. The summed E-state index contributed by atoms with van der Waals surface area (Å²) in [5.41, 5.74) is 2.57. The summed E-state index contributed by atoms with van der Waals surface area (Å²) in [6.45, 7) is 6.01. The standard InChI is InChI=1S/C13H18BrN/c1-10(2)7-8-13(15-3)11-5-4-6-12(14)9-11/h4-6,9,13,15H,1,7-8H2,2-3H3. The second-order valence-corrected chi connectivity index (χ2v) is 4.81. The Balaban J connectivity index is 2.69. The molecule has 1 rings (SSSR count). The van der Waals surface area contributed by atoms with Gasteiger partial charge in [0.25, 0.3) is 0 Å². The largest absolute Gasteiger partial charge is 0.313 e. The summed E-state index contributed by atoms with van der Waals surface area (Å²) in [5, 5.41) is 3.34. The van der Waals surface area contributed by atoms with E-state index in [1.54, 1.807) is 0 Å². The van der Waals surface area contributed by atoms with Crippen LogP contribution in [0.2, 0.25) is 0 Å². The van der Waals surface area contributed by atoms with Gasteiger partial charge in [-0.05, 0) is 44.5 Å². The Morgan fingerprint density at radius 2 is 2.27 bits per heavy atom. The van der Waals surface area contributed by atoms with Crippen LogP contribution in [-0.2, 0) is 0 Å². The van der Waals surface area contributed by atoms with Crippen LogP contribution in [0.3, 0.4) is 0 Å². The molecule has 0 aliphatic carbocycles. The van der Waals surface area contributed by atoms with Crippen molar-refractivity contribution in [2.45, 2.75) is 25.8 Å². The average molecular weight is 268 g/mol. The quantitative estimate of drug-likeness (QED) is 0.794. The molecule has 0 heterocycles. The van der Waals surface area contributed by atoms with Crippen LogP contribution in [-0.4, -0.2) is 7.05 Å². The van der Waals surface area contributed by atoms with E-state index >= 15 is 0 Å². The van der Waals surface area contributed by atoms with E-state index in [0.717, 1.165) is 17.3 Å². The molecule has 15 heavy (non-hydrogen) atoms. The number of halogens is 1. The number of nitrogens with one attached hydrogen (secondary N) is 1. The van der Waals surface area contributed by atoms with Gasteiger partial charge >= 0.3 is 0 Å². The van der Waals surface area contributed by atoms with Crippen molar-refractivity contribution in [3.8, 4) is 0 Å². The van der Waals surface area contributed by atoms with Crippen LogP contribution in [0.15, 0.2) is 40.9 Å². The van der Waals surface area contributed by atoms with Gasteiger partial charge < -0.3 is 5.32 Å². The van der Waals surface area contributed by atoms with Crippen LogP contribution >= 0.6 is 15.9 Å². The molecule has 82 valence electrons. The van der Waals surface area contributed by atoms with Crippen molar-refractivity contribution in [1.29, 1.82) is 0 Å². The van der Waals surface area contributed by atoms with Gasteiger partial charge in [-0.1, -0.05) is 33.6 Å². The van der Waals surface area contributed by atoms with Gasteiger partial charge in [0.1, 0.15) is 0 Å². The zero-order valence-electron chi connectivity index (χ0n) is 9.39. The average Bonchev–Trinajstić information content (AvgIpc) is 2.18. The molecule has 0 amide bonds. The van der Waals surface area contributed by atoms with Gasteiger partial charge in [-0.2, -0.15) is 0 Å². The van der Waals surface area contributed by atoms with Gasteiger partial charge in [-0.25, -0.2) is 0 Å². The van der Waals surface area contributed by atoms with Crippen LogP contribution in [0.25, 0.3) is 0 Å². The molecule has 1 atom stereocenters. The van der Waals surface area contributed by atoms with E-state index in [-0.39, 0.29) is 0 Å². The Kier molecular flexibility index (Phi) is 5.06. The first-order valence-corrected chi connectivity index (χ1v) is 6.00. The smallest absolute Gasteiger partial charge is 0.0320 e. The summed E-state index contributed by atoms with van der Waals surface area (Å²) in [6.07, 6.45) is 2.17. The number of rotatable bonds is 5. The van der Waals surface area contributed by atoms with Crippen molar-refractivity contribution < 1.29 is 0 Å². The number of hydrogen-bond acceptors (Lipinski definition) is 1. The fourth-order valence-electron chi connectivity index (χ4n) is 1.59. The third-order valence-electron chi connectivity index (χ3n) is 2.46. The second kappa shape index (κ2) is 6.09. The van der Waals surface area contributed by atoms with Crippen molar-refractivity contribution in [2.24, 2.45) is 0 Å². The molecule has 2 heteroatoms. The SMILES string of the molecule is C=C(C)CCC(NC)c1cccc(Br)c1. The Morgan fingerprint density at radius 3 is 2.80 bits per heavy atom. The van der Waals surface area contributed by atoms with Crippen molar-refractivity contribution in [1.82, 2.24) is 5.32 Å². The molecular weight excluding hydrogens is 250 g/mol. The van der Waals surface area contributed by atoms with Crippen LogP contribution in [0.1, 0.15) is 31.4 Å². The van der Waals surface area contributed by atoms with Crippen molar-refractivity contribution in [3.63, 3.8) is 0 Å². The van der Waals surface area contributed by atoms with Crippen LogP contribution in [0.5, 0.6) is 0 Å². The zero-order valence-corrected chi connectivity index (χ0v) is 11.0. The molecule has 0 aliphatic heterocycles. The molecule has 0 aliphatic rings. The molecule has 0 radical (unpaired) electrons. The molecular formula is C13H18BrN. The molecule has 1 N–H and O–H groups in total. The summed E-state index contributed by atoms with van der Waals surface area (Å²) in [7, 11) is 2.00. The lowest BCUT2D eigenvalue weighted by Gasteiger charge is -2.16. The maximum atomic E-state index is 3.94. The van der Waals surface area contributed by atoms with Gasteiger partial charge in [0.2, 0.25) is 0 Å². The van der Waals surface area contributed by atoms with Crippen LogP contribution in [0, 0.1) is 0 Å². The van der Waals surface area contributed by atoms with Gasteiger partial charge in [0, 0.05) is 10.5 Å². The molecule has 0 saturated carbocycles. The normalized spacial score (nSPS) is 12.5. The molecule has 0 bridgehead atoms. The van der Waals surface area contributed by atoms with E-state index in [1.165, 1.54) is 11.1 Å². The van der Waals surface area contributed by atoms with E-state index in [1.807, 2.05) is 7.05 Å². The number of allylic oxidation sites excluding steroid dienone is 1. The van der Waals surface area contributed by atoms with E-state index in [2.05, 4.69) is 59.0 Å². The topological polar surface area (TPSA) is 12.0 Å². The highest BCUT2D eigenvalue weighted by molar-refractivity contribution is 9.10. The minimum Gasteiger partial charge on any atom is -0.313 e. The molecule has 1 aromatic carbocycles. The predicted octanol–water partition coefficient (Wildman–Crippen LogP) is 4.07. The Morgan fingerprint density at radius 1 is 1.53 bits per heavy atom. The third-order valence-corrected chi connectivity index (χ3v) is 2.95. The van der Waals surface area contributed by atoms with E-state index in [0.29, 0.717) is 6.04 Å². The summed E-state index contributed by atoms with van der Waals surface area (Å²) in [6, 6.07) is 8.86. The summed E-state index contributed by atoms with van der Waals surface area (Å²) >= 11 is 3.49. The zero-order chi connectivity index (χ0) is 11.3. The first-order valence-electron chi connectivity index (χ1n) is 5.20.